The molecule has 0 aliphatic carbocycles. The van der Waals surface area contributed by atoms with Crippen LogP contribution in [0.1, 0.15) is 12.5 Å². The highest BCUT2D eigenvalue weighted by molar-refractivity contribution is 5.68. The third kappa shape index (κ3) is 3.34. The second-order valence-electron chi connectivity index (χ2n) is 4.02. The van der Waals surface area contributed by atoms with Crippen LogP contribution in [0.4, 0.5) is 15.8 Å². The Labute approximate surface area is 111 Å². The molecular weight excluding hydrogens is 245 g/mol. The fourth-order valence-corrected chi connectivity index (χ4v) is 1.69. The van der Waals surface area contributed by atoms with E-state index in [2.05, 4.69) is 10.3 Å². The minimum atomic E-state index is -0.453. The van der Waals surface area contributed by atoms with Crippen LogP contribution in [-0.4, -0.2) is 11.6 Å². The molecule has 0 atom stereocenters. The van der Waals surface area contributed by atoms with Crippen LogP contribution < -0.4 is 15.8 Å². The van der Waals surface area contributed by atoms with E-state index in [4.69, 9.17) is 10.5 Å². The largest absolute Gasteiger partial charge is 0.491 e. The van der Waals surface area contributed by atoms with E-state index in [0.717, 1.165) is 5.56 Å². The van der Waals surface area contributed by atoms with Crippen LogP contribution in [0, 0.1) is 5.82 Å². The van der Waals surface area contributed by atoms with Crippen molar-refractivity contribution in [1.82, 2.24) is 4.98 Å². The standard InChI is InChI=1S/C14H16FN3O/c1-2-19-14-7-13(12(16)6-11(14)15)18-9-10-4-3-5-17-8-10/h3-8,18H,2,9,16H2,1H3. The summed E-state index contributed by atoms with van der Waals surface area (Å²) in [6.07, 6.45) is 3.47. The van der Waals surface area contributed by atoms with Crippen molar-refractivity contribution in [2.75, 3.05) is 17.7 Å². The normalized spacial score (nSPS) is 10.2. The third-order valence-corrected chi connectivity index (χ3v) is 2.61. The van der Waals surface area contributed by atoms with Crippen molar-refractivity contribution in [1.29, 1.82) is 0 Å². The first-order valence-corrected chi connectivity index (χ1v) is 6.05. The predicted molar refractivity (Wildman–Crippen MR) is 73.5 cm³/mol. The molecule has 0 aliphatic heterocycles. The lowest BCUT2D eigenvalue weighted by molar-refractivity contribution is 0.322. The number of pyridine rings is 1. The summed E-state index contributed by atoms with van der Waals surface area (Å²) in [5, 5.41) is 3.14. The van der Waals surface area contributed by atoms with Gasteiger partial charge in [0.25, 0.3) is 0 Å². The monoisotopic (exact) mass is 261 g/mol. The number of halogens is 1. The molecule has 2 rings (SSSR count). The van der Waals surface area contributed by atoms with Gasteiger partial charge < -0.3 is 15.8 Å². The van der Waals surface area contributed by atoms with E-state index in [1.54, 1.807) is 25.4 Å². The summed E-state index contributed by atoms with van der Waals surface area (Å²) in [5.41, 5.74) is 7.79. The average Bonchev–Trinajstić information content (AvgIpc) is 2.42. The number of nitrogen functional groups attached to an aromatic ring is 1. The second kappa shape index (κ2) is 6.04. The van der Waals surface area contributed by atoms with Gasteiger partial charge in [-0.05, 0) is 18.6 Å². The molecule has 100 valence electrons. The van der Waals surface area contributed by atoms with Crippen molar-refractivity contribution in [3.63, 3.8) is 0 Å². The maximum atomic E-state index is 13.5. The van der Waals surface area contributed by atoms with Crippen molar-refractivity contribution in [2.24, 2.45) is 0 Å². The van der Waals surface area contributed by atoms with E-state index < -0.39 is 5.82 Å². The Balaban J connectivity index is 2.13. The molecule has 0 aliphatic rings. The summed E-state index contributed by atoms with van der Waals surface area (Å²) in [5.74, 6) is -0.253. The van der Waals surface area contributed by atoms with Crippen LogP contribution in [0.15, 0.2) is 36.7 Å². The first-order valence-electron chi connectivity index (χ1n) is 6.05. The second-order valence-corrected chi connectivity index (χ2v) is 4.02. The summed E-state index contributed by atoms with van der Waals surface area (Å²) in [6, 6.07) is 6.64. The van der Waals surface area contributed by atoms with Crippen molar-refractivity contribution < 1.29 is 9.13 Å². The average molecular weight is 261 g/mol. The molecule has 0 saturated carbocycles. The van der Waals surface area contributed by atoms with Crippen LogP contribution in [-0.2, 0) is 6.54 Å². The molecule has 0 unspecified atom stereocenters. The Bertz CT molecular complexity index is 546. The molecule has 5 heteroatoms. The number of nitrogens with one attached hydrogen (secondary N) is 1. The molecule has 1 aromatic carbocycles. The van der Waals surface area contributed by atoms with Crippen molar-refractivity contribution in [3.05, 3.63) is 48.0 Å². The minimum Gasteiger partial charge on any atom is -0.491 e. The molecule has 2 aromatic rings. The number of hydrogen-bond acceptors (Lipinski definition) is 4. The van der Waals surface area contributed by atoms with Gasteiger partial charge in [0.15, 0.2) is 11.6 Å². The van der Waals surface area contributed by atoms with Gasteiger partial charge in [-0.25, -0.2) is 4.39 Å². The molecule has 4 nitrogen and oxygen atoms in total. The van der Waals surface area contributed by atoms with Gasteiger partial charge >= 0.3 is 0 Å². The lowest BCUT2D eigenvalue weighted by atomic mass is 10.2. The molecule has 0 amide bonds. The number of rotatable bonds is 5. The zero-order valence-electron chi connectivity index (χ0n) is 10.7. The van der Waals surface area contributed by atoms with Crippen molar-refractivity contribution in [2.45, 2.75) is 13.5 Å². The smallest absolute Gasteiger partial charge is 0.167 e. The van der Waals surface area contributed by atoms with Gasteiger partial charge in [0.2, 0.25) is 0 Å². The third-order valence-electron chi connectivity index (χ3n) is 2.61. The van der Waals surface area contributed by atoms with Gasteiger partial charge in [-0.2, -0.15) is 0 Å². The van der Waals surface area contributed by atoms with Gasteiger partial charge in [-0.1, -0.05) is 6.07 Å². The Morgan fingerprint density at radius 2 is 2.26 bits per heavy atom. The van der Waals surface area contributed by atoms with Gasteiger partial charge in [-0.15, -0.1) is 0 Å². The molecule has 1 heterocycles. The fraction of sp³-hybridized carbons (Fsp3) is 0.214. The first kappa shape index (κ1) is 13.1. The van der Waals surface area contributed by atoms with Gasteiger partial charge in [-0.3, -0.25) is 4.98 Å². The van der Waals surface area contributed by atoms with E-state index in [-0.39, 0.29) is 5.75 Å². The Hall–Kier alpha value is -2.30. The highest BCUT2D eigenvalue weighted by atomic mass is 19.1. The number of anilines is 2. The predicted octanol–water partition coefficient (Wildman–Crippen LogP) is 2.81. The molecule has 0 radical (unpaired) electrons. The number of nitrogens with zero attached hydrogens (tertiary/aromatic N) is 1. The summed E-state index contributed by atoms with van der Waals surface area (Å²) in [7, 11) is 0. The van der Waals surface area contributed by atoms with Gasteiger partial charge in [0.05, 0.1) is 18.0 Å². The number of ether oxygens (including phenoxy) is 1. The number of nitrogens with two attached hydrogens (primary N) is 1. The number of hydrogen-bond donors (Lipinski definition) is 2. The Morgan fingerprint density at radius 3 is 2.95 bits per heavy atom. The van der Waals surface area contributed by atoms with Crippen LogP contribution in [0.5, 0.6) is 5.75 Å². The topological polar surface area (TPSA) is 60.2 Å². The molecule has 0 bridgehead atoms. The SMILES string of the molecule is CCOc1cc(NCc2cccnc2)c(N)cc1F. The van der Waals surface area contributed by atoms with E-state index >= 15 is 0 Å². The van der Waals surface area contributed by atoms with Crippen molar-refractivity contribution >= 4 is 11.4 Å². The van der Waals surface area contributed by atoms with E-state index in [9.17, 15) is 4.39 Å². The minimum absolute atomic E-state index is 0.199. The maximum Gasteiger partial charge on any atom is 0.167 e. The summed E-state index contributed by atoms with van der Waals surface area (Å²) >= 11 is 0. The van der Waals surface area contributed by atoms with E-state index in [0.29, 0.717) is 24.5 Å². The number of benzene rings is 1. The van der Waals surface area contributed by atoms with Crippen molar-refractivity contribution in [3.8, 4) is 5.75 Å². The summed E-state index contributed by atoms with van der Waals surface area (Å²) in [4.78, 5) is 4.02. The van der Waals surface area contributed by atoms with E-state index in [1.807, 2.05) is 12.1 Å². The molecular formula is C14H16FN3O. The highest BCUT2D eigenvalue weighted by Gasteiger charge is 2.08. The Morgan fingerprint density at radius 1 is 1.42 bits per heavy atom. The highest BCUT2D eigenvalue weighted by Crippen LogP contribution is 2.28. The fourth-order valence-electron chi connectivity index (χ4n) is 1.69. The van der Waals surface area contributed by atoms with Gasteiger partial charge in [0, 0.05) is 31.1 Å². The lowest BCUT2D eigenvalue weighted by Crippen LogP contribution is -2.04. The number of aromatic nitrogens is 1. The zero-order chi connectivity index (χ0) is 13.7. The molecule has 0 spiro atoms. The quantitative estimate of drug-likeness (QED) is 0.812. The van der Waals surface area contributed by atoms with Crippen LogP contribution in [0.25, 0.3) is 0 Å². The lowest BCUT2D eigenvalue weighted by Gasteiger charge is -2.12. The summed E-state index contributed by atoms with van der Waals surface area (Å²) in [6.45, 7) is 2.77. The van der Waals surface area contributed by atoms with Gasteiger partial charge in [0.1, 0.15) is 0 Å². The van der Waals surface area contributed by atoms with Crippen LogP contribution in [0.3, 0.4) is 0 Å². The van der Waals surface area contributed by atoms with Crippen LogP contribution in [0.2, 0.25) is 0 Å². The molecule has 1 aromatic heterocycles. The molecule has 0 fully saturated rings. The first-order chi connectivity index (χ1) is 9.20. The van der Waals surface area contributed by atoms with E-state index in [1.165, 1.54) is 6.07 Å². The molecule has 3 N–H and O–H groups in total. The summed E-state index contributed by atoms with van der Waals surface area (Å²) < 4.78 is 18.7. The molecule has 0 saturated heterocycles. The Kier molecular flexibility index (Phi) is 4.18. The molecule has 19 heavy (non-hydrogen) atoms. The maximum absolute atomic E-state index is 13.5. The van der Waals surface area contributed by atoms with Crippen LogP contribution >= 0.6 is 0 Å². The zero-order valence-corrected chi connectivity index (χ0v) is 10.7.